The third-order valence-electron chi connectivity index (χ3n) is 11.8. The van der Waals surface area contributed by atoms with Gasteiger partial charge in [0, 0.05) is 29.4 Å². The molecular formula is C35H45N3O5. The van der Waals surface area contributed by atoms with Crippen molar-refractivity contribution in [3.63, 3.8) is 0 Å². The van der Waals surface area contributed by atoms with Crippen LogP contribution in [-0.2, 0) is 30.4 Å². The molecule has 3 fully saturated rings. The predicted octanol–water partition coefficient (Wildman–Crippen LogP) is 5.91. The monoisotopic (exact) mass is 587 g/mol. The van der Waals surface area contributed by atoms with Crippen LogP contribution in [0.5, 0.6) is 0 Å². The van der Waals surface area contributed by atoms with Crippen molar-refractivity contribution in [1.29, 1.82) is 0 Å². The number of nitrogens with zero attached hydrogens (tertiary/aromatic N) is 1. The number of aromatic amines is 1. The van der Waals surface area contributed by atoms with Gasteiger partial charge < -0.3 is 19.9 Å². The number of fused-ring (bicyclic) bond motifs is 6. The maximum Gasteiger partial charge on any atom is 0.328 e. The van der Waals surface area contributed by atoms with Crippen molar-refractivity contribution in [3.05, 3.63) is 47.7 Å². The van der Waals surface area contributed by atoms with E-state index in [-0.39, 0.29) is 23.4 Å². The van der Waals surface area contributed by atoms with E-state index in [0.717, 1.165) is 54.3 Å². The van der Waals surface area contributed by atoms with E-state index in [2.05, 4.69) is 35.4 Å². The minimum atomic E-state index is -0.830. The van der Waals surface area contributed by atoms with Gasteiger partial charge in [0.05, 0.1) is 12.8 Å². The number of amides is 1. The number of hydrogen-bond donors (Lipinski definition) is 2. The van der Waals surface area contributed by atoms with Crippen LogP contribution in [0.25, 0.3) is 10.9 Å². The van der Waals surface area contributed by atoms with Crippen molar-refractivity contribution in [2.45, 2.75) is 84.6 Å². The zero-order valence-electron chi connectivity index (χ0n) is 25.9. The number of Topliss-reactive ketones (excluding diaryl/α,β-unsaturated/α-hetero) is 1. The summed E-state index contributed by atoms with van der Waals surface area (Å²) in [5.41, 5.74) is 4.56. The van der Waals surface area contributed by atoms with E-state index in [1.807, 2.05) is 30.5 Å². The highest BCUT2D eigenvalue weighted by molar-refractivity contribution is 5.96. The molecule has 0 saturated heterocycles. The molecule has 4 aliphatic rings. The second kappa shape index (κ2) is 11.6. The van der Waals surface area contributed by atoms with Crippen LogP contribution in [-0.4, -0.2) is 48.1 Å². The SMILES string of the molecule is COC(=O)C(Cc1c[nH]c2ccccc12)NC(=O)CO/N=C1/C=C2CCC3C4CCC(C(C)=O)[C@@]4(C)CCC3[C@@]2(C)CC1. The van der Waals surface area contributed by atoms with Gasteiger partial charge in [-0.1, -0.05) is 42.8 Å². The number of benzene rings is 1. The first kappa shape index (κ1) is 29.6. The number of allylic oxidation sites excluding steroid dienone is 2. The number of oxime groups is 1. The molecule has 7 atom stereocenters. The van der Waals surface area contributed by atoms with Crippen LogP contribution in [0.4, 0.5) is 0 Å². The average Bonchev–Trinajstić information content (AvgIpc) is 3.57. The Balaban J connectivity index is 1.07. The maximum absolute atomic E-state index is 12.8. The van der Waals surface area contributed by atoms with Crippen LogP contribution in [0.3, 0.4) is 0 Å². The summed E-state index contributed by atoms with van der Waals surface area (Å²) in [4.78, 5) is 46.4. The van der Waals surface area contributed by atoms with E-state index in [0.29, 0.717) is 30.0 Å². The highest BCUT2D eigenvalue weighted by Gasteiger charge is 2.59. The minimum Gasteiger partial charge on any atom is -0.467 e. The molecule has 43 heavy (non-hydrogen) atoms. The Labute approximate surface area is 254 Å². The molecule has 0 spiro atoms. The number of ketones is 1. The Morgan fingerprint density at radius 1 is 1.07 bits per heavy atom. The number of carbonyl (C=O) groups is 3. The van der Waals surface area contributed by atoms with Crippen molar-refractivity contribution >= 4 is 34.3 Å². The fraction of sp³-hybridized carbons (Fsp3) is 0.600. The highest BCUT2D eigenvalue weighted by atomic mass is 16.6. The number of carbonyl (C=O) groups excluding carboxylic acids is 3. The van der Waals surface area contributed by atoms with Crippen LogP contribution >= 0.6 is 0 Å². The molecular weight excluding hydrogens is 542 g/mol. The lowest BCUT2D eigenvalue weighted by atomic mass is 9.46. The molecule has 1 amide bonds. The summed E-state index contributed by atoms with van der Waals surface area (Å²) < 4.78 is 4.96. The van der Waals surface area contributed by atoms with Gasteiger partial charge in [0.2, 0.25) is 0 Å². The molecule has 1 aromatic carbocycles. The van der Waals surface area contributed by atoms with Crippen molar-refractivity contribution in [2.24, 2.45) is 39.7 Å². The number of aromatic nitrogens is 1. The summed E-state index contributed by atoms with van der Waals surface area (Å²) in [6.07, 6.45) is 13.1. The van der Waals surface area contributed by atoms with Gasteiger partial charge in [-0.2, -0.15) is 0 Å². The average molecular weight is 588 g/mol. The molecule has 0 radical (unpaired) electrons. The summed E-state index contributed by atoms with van der Waals surface area (Å²) in [6.45, 7) is 6.37. The first-order chi connectivity index (χ1) is 20.6. The Bertz CT molecular complexity index is 1470. The lowest BCUT2D eigenvalue weighted by Crippen LogP contribution is -2.51. The topological polar surface area (TPSA) is 110 Å². The van der Waals surface area contributed by atoms with Crippen LogP contribution in [0.1, 0.15) is 77.7 Å². The molecule has 1 heterocycles. The van der Waals surface area contributed by atoms with Crippen LogP contribution in [0.15, 0.2) is 47.3 Å². The standard InChI is InChI=1S/C35H45N3O5/c1-21(39)27-11-12-28-26-10-9-23-18-24(13-15-34(23,2)29(26)14-16-35(27,28)3)38-43-20-32(40)37-31(33(41)42-4)17-22-19-36-30-8-6-5-7-25(22)30/h5-8,18-19,26-29,31,36H,9-17,20H2,1-4H3,(H,37,40)/b38-24+/t26?,27?,28?,29?,31?,34-,35+/m0/s1. The van der Waals surface area contributed by atoms with E-state index in [4.69, 9.17) is 9.57 Å². The number of hydrogen-bond acceptors (Lipinski definition) is 6. The van der Waals surface area contributed by atoms with Crippen molar-refractivity contribution in [2.75, 3.05) is 13.7 Å². The van der Waals surface area contributed by atoms with Gasteiger partial charge in [0.15, 0.2) is 6.61 Å². The number of ether oxygens (including phenoxy) is 1. The van der Waals surface area contributed by atoms with Crippen molar-refractivity contribution in [1.82, 2.24) is 10.3 Å². The third kappa shape index (κ3) is 5.31. The van der Waals surface area contributed by atoms with E-state index in [1.54, 1.807) is 6.92 Å². The van der Waals surface area contributed by atoms with Gasteiger partial charge in [0.1, 0.15) is 11.8 Å². The smallest absolute Gasteiger partial charge is 0.328 e. The first-order valence-electron chi connectivity index (χ1n) is 16.0. The molecule has 8 heteroatoms. The Morgan fingerprint density at radius 2 is 1.88 bits per heavy atom. The zero-order valence-corrected chi connectivity index (χ0v) is 25.9. The van der Waals surface area contributed by atoms with E-state index in [9.17, 15) is 14.4 Å². The Morgan fingerprint density at radius 3 is 2.67 bits per heavy atom. The second-order valence-electron chi connectivity index (χ2n) is 13.9. The van der Waals surface area contributed by atoms with Crippen LogP contribution in [0.2, 0.25) is 0 Å². The fourth-order valence-electron chi connectivity index (χ4n) is 9.58. The molecule has 6 rings (SSSR count). The summed E-state index contributed by atoms with van der Waals surface area (Å²) in [5.74, 6) is 1.69. The van der Waals surface area contributed by atoms with Gasteiger partial charge in [-0.25, -0.2) is 4.79 Å². The summed E-state index contributed by atoms with van der Waals surface area (Å²) in [6, 6.07) is 7.01. The highest BCUT2D eigenvalue weighted by Crippen LogP contribution is 2.66. The fourth-order valence-corrected chi connectivity index (χ4v) is 9.58. The van der Waals surface area contributed by atoms with Crippen molar-refractivity contribution in [3.8, 4) is 0 Å². The molecule has 1 aromatic heterocycles. The lowest BCUT2D eigenvalue weighted by molar-refractivity contribution is -0.145. The Hall–Kier alpha value is -3.42. The zero-order chi connectivity index (χ0) is 30.4. The van der Waals surface area contributed by atoms with E-state index < -0.39 is 17.9 Å². The molecule has 3 saturated carbocycles. The first-order valence-corrected chi connectivity index (χ1v) is 16.0. The van der Waals surface area contributed by atoms with E-state index in [1.165, 1.54) is 31.9 Å². The molecule has 2 N–H and O–H groups in total. The van der Waals surface area contributed by atoms with Crippen LogP contribution in [0, 0.1) is 34.5 Å². The van der Waals surface area contributed by atoms with Crippen LogP contribution < -0.4 is 5.32 Å². The molecule has 8 nitrogen and oxygen atoms in total. The molecule has 4 aliphatic carbocycles. The van der Waals surface area contributed by atoms with Gasteiger partial charge in [-0.3, -0.25) is 9.59 Å². The number of H-pyrrole nitrogens is 1. The molecule has 230 valence electrons. The van der Waals surface area contributed by atoms with Crippen molar-refractivity contribution < 1.29 is 24.0 Å². The molecule has 0 aliphatic heterocycles. The minimum absolute atomic E-state index is 0.158. The van der Waals surface area contributed by atoms with Gasteiger partial charge >= 0.3 is 5.97 Å². The number of para-hydroxylation sites is 1. The summed E-state index contributed by atoms with van der Waals surface area (Å²) in [5, 5.41) is 8.12. The largest absolute Gasteiger partial charge is 0.467 e. The lowest BCUT2D eigenvalue weighted by Gasteiger charge is -2.58. The van der Waals surface area contributed by atoms with Gasteiger partial charge in [-0.05, 0) is 105 Å². The second-order valence-corrected chi connectivity index (χ2v) is 13.9. The summed E-state index contributed by atoms with van der Waals surface area (Å²) >= 11 is 0. The van der Waals surface area contributed by atoms with E-state index >= 15 is 0 Å². The van der Waals surface area contributed by atoms with Gasteiger partial charge in [0.25, 0.3) is 5.91 Å². The number of rotatable bonds is 8. The summed E-state index contributed by atoms with van der Waals surface area (Å²) in [7, 11) is 1.32. The molecule has 2 aromatic rings. The molecule has 5 unspecified atom stereocenters. The Kier molecular flexibility index (Phi) is 7.99. The number of nitrogens with one attached hydrogen (secondary N) is 2. The third-order valence-corrected chi connectivity index (χ3v) is 11.8. The molecule has 0 bridgehead atoms. The quantitative estimate of drug-likeness (QED) is 0.295. The normalized spacial score (nSPS) is 33.1. The predicted molar refractivity (Wildman–Crippen MR) is 165 cm³/mol. The number of methoxy groups -OCH3 is 1. The van der Waals surface area contributed by atoms with Gasteiger partial charge in [-0.15, -0.1) is 0 Å². The number of esters is 1. The maximum atomic E-state index is 12.8.